The van der Waals surface area contributed by atoms with Crippen LogP contribution in [0.2, 0.25) is 0 Å². The Kier molecular flexibility index (Phi) is 3.23. The van der Waals surface area contributed by atoms with Crippen LogP contribution in [0.4, 0.5) is 0 Å². The van der Waals surface area contributed by atoms with E-state index in [1.165, 1.54) is 11.4 Å². The lowest BCUT2D eigenvalue weighted by atomic mass is 10.1. The summed E-state index contributed by atoms with van der Waals surface area (Å²) in [4.78, 5) is 13.1. The van der Waals surface area contributed by atoms with Gasteiger partial charge in [-0.3, -0.25) is 9.98 Å². The Labute approximate surface area is 141 Å². The molecule has 0 amide bonds. The Morgan fingerprint density at radius 3 is 2.67 bits per heavy atom. The van der Waals surface area contributed by atoms with Gasteiger partial charge in [-0.1, -0.05) is 18.2 Å². The minimum atomic E-state index is 0.254. The molecule has 0 saturated carbocycles. The van der Waals surface area contributed by atoms with E-state index < -0.39 is 0 Å². The second-order valence-electron chi connectivity index (χ2n) is 6.87. The third kappa shape index (κ3) is 2.74. The van der Waals surface area contributed by atoms with E-state index in [0.717, 1.165) is 36.4 Å². The van der Waals surface area contributed by atoms with Crippen molar-refractivity contribution in [2.45, 2.75) is 37.4 Å². The van der Waals surface area contributed by atoms with Gasteiger partial charge < -0.3 is 10.3 Å². The molecule has 4 aliphatic heterocycles. The van der Waals surface area contributed by atoms with Crippen molar-refractivity contribution in [3.63, 3.8) is 0 Å². The molecule has 1 aromatic heterocycles. The maximum atomic E-state index is 4.87. The molecule has 0 radical (unpaired) electrons. The number of rotatable bonds is 0. The van der Waals surface area contributed by atoms with Crippen LogP contribution in [0.5, 0.6) is 0 Å². The van der Waals surface area contributed by atoms with Gasteiger partial charge in [-0.2, -0.15) is 0 Å². The first-order chi connectivity index (χ1) is 11.8. The van der Waals surface area contributed by atoms with Crippen LogP contribution in [0.25, 0.3) is 6.08 Å². The van der Waals surface area contributed by atoms with Crippen LogP contribution in [-0.4, -0.2) is 34.5 Å². The lowest BCUT2D eigenvalue weighted by molar-refractivity contribution is 0.588. The van der Waals surface area contributed by atoms with Crippen LogP contribution in [0, 0.1) is 0 Å². The fraction of sp³-hybridized carbons (Fsp3) is 0.300. The fourth-order valence-electron chi connectivity index (χ4n) is 3.78. The first-order valence-electron chi connectivity index (χ1n) is 8.65. The van der Waals surface area contributed by atoms with E-state index in [4.69, 9.17) is 9.98 Å². The average Bonchev–Trinajstić information content (AvgIpc) is 3.32. The Morgan fingerprint density at radius 1 is 0.875 bits per heavy atom. The molecule has 1 aromatic rings. The average molecular weight is 316 g/mol. The van der Waals surface area contributed by atoms with Crippen LogP contribution >= 0.6 is 0 Å². The van der Waals surface area contributed by atoms with Gasteiger partial charge in [0.05, 0.1) is 11.7 Å². The lowest BCUT2D eigenvalue weighted by Crippen LogP contribution is -2.33. The normalized spacial score (nSPS) is 32.7. The number of fused-ring (bicyclic) bond motifs is 6. The number of nitrogens with one attached hydrogen (secondary N) is 2. The first kappa shape index (κ1) is 13.9. The third-order valence-corrected chi connectivity index (χ3v) is 4.92. The minimum absolute atomic E-state index is 0.254. The van der Waals surface area contributed by atoms with Crippen LogP contribution in [0.15, 0.2) is 64.3 Å². The molecule has 120 valence electrons. The van der Waals surface area contributed by atoms with Gasteiger partial charge in [-0.25, -0.2) is 0 Å². The number of hydrogen-bond acceptors (Lipinski definition) is 3. The van der Waals surface area contributed by atoms with Crippen molar-refractivity contribution in [3.05, 3.63) is 65.7 Å². The molecular weight excluding hydrogens is 296 g/mol. The lowest BCUT2D eigenvalue weighted by Gasteiger charge is -2.14. The van der Waals surface area contributed by atoms with Gasteiger partial charge in [-0.05, 0) is 36.4 Å². The van der Waals surface area contributed by atoms with Gasteiger partial charge in [0.2, 0.25) is 0 Å². The SMILES string of the molecule is C1=C/C2=C/c3ccc([nH]3)CC3C=CC(=N3)CC3C=CC(CC1=N2)N3. The number of H-pyrrole nitrogens is 1. The zero-order valence-electron chi connectivity index (χ0n) is 13.4. The van der Waals surface area contributed by atoms with Crippen molar-refractivity contribution in [1.82, 2.24) is 10.3 Å². The summed E-state index contributed by atoms with van der Waals surface area (Å²) in [5.74, 6) is 0. The molecule has 4 heteroatoms. The Hall–Kier alpha value is -2.46. The van der Waals surface area contributed by atoms with E-state index >= 15 is 0 Å². The standard InChI is InChI=1S/C20H20N4/c1-2-14-10-16-5-6-18(23-16)12-20-8-7-19(24-20)11-17-4-3-15(22-17)9-13(1)21-14/h1-9,16,18-19,22-23H,10-12H2/b13-9-. The smallest absolute Gasteiger partial charge is 0.0741 e. The predicted molar refractivity (Wildman–Crippen MR) is 98.5 cm³/mol. The maximum Gasteiger partial charge on any atom is 0.0741 e. The molecular formula is C20H20N4. The molecule has 2 N–H and O–H groups in total. The molecule has 4 aliphatic rings. The summed E-state index contributed by atoms with van der Waals surface area (Å²) in [6, 6.07) is 5.27. The van der Waals surface area contributed by atoms with Crippen molar-refractivity contribution < 1.29 is 0 Å². The summed E-state index contributed by atoms with van der Waals surface area (Å²) in [6.45, 7) is 0. The van der Waals surface area contributed by atoms with Crippen LogP contribution in [0.1, 0.15) is 24.2 Å². The summed E-state index contributed by atoms with van der Waals surface area (Å²) in [6.07, 6.45) is 18.1. The molecule has 5 rings (SSSR count). The minimum Gasteiger partial charge on any atom is -0.359 e. The van der Waals surface area contributed by atoms with Gasteiger partial charge in [0.25, 0.3) is 0 Å². The first-order valence-corrected chi connectivity index (χ1v) is 8.65. The number of aromatic nitrogens is 1. The maximum absolute atomic E-state index is 4.87. The van der Waals surface area contributed by atoms with Crippen molar-refractivity contribution in [2.75, 3.05) is 0 Å². The molecule has 24 heavy (non-hydrogen) atoms. The number of allylic oxidation sites excluding steroid dienone is 3. The van der Waals surface area contributed by atoms with Gasteiger partial charge in [-0.15, -0.1) is 0 Å². The van der Waals surface area contributed by atoms with E-state index in [-0.39, 0.29) is 6.04 Å². The van der Waals surface area contributed by atoms with Crippen molar-refractivity contribution in [1.29, 1.82) is 0 Å². The Bertz CT molecular complexity index is 847. The molecule has 0 aliphatic carbocycles. The highest BCUT2D eigenvalue weighted by Crippen LogP contribution is 2.21. The van der Waals surface area contributed by atoms with Crippen LogP contribution in [-0.2, 0) is 6.42 Å². The molecule has 0 aromatic carbocycles. The van der Waals surface area contributed by atoms with E-state index in [0.29, 0.717) is 12.1 Å². The molecule has 0 spiro atoms. The summed E-state index contributed by atoms with van der Waals surface area (Å²) >= 11 is 0. The van der Waals surface area contributed by atoms with E-state index in [1.54, 1.807) is 0 Å². The highest BCUT2D eigenvalue weighted by Gasteiger charge is 2.22. The second-order valence-corrected chi connectivity index (χ2v) is 6.87. The largest absolute Gasteiger partial charge is 0.359 e. The molecule has 0 fully saturated rings. The number of aromatic amines is 1. The molecule has 5 heterocycles. The summed E-state index contributed by atoms with van der Waals surface area (Å²) in [7, 11) is 0. The van der Waals surface area contributed by atoms with Gasteiger partial charge in [0.1, 0.15) is 0 Å². The number of nitrogens with zero attached hydrogens (tertiary/aromatic N) is 2. The van der Waals surface area contributed by atoms with Gasteiger partial charge in [0, 0.05) is 54.2 Å². The second kappa shape index (κ2) is 5.56. The van der Waals surface area contributed by atoms with Crippen molar-refractivity contribution in [3.8, 4) is 0 Å². The van der Waals surface area contributed by atoms with E-state index in [1.807, 2.05) is 0 Å². The van der Waals surface area contributed by atoms with Gasteiger partial charge >= 0.3 is 0 Å². The van der Waals surface area contributed by atoms with E-state index in [2.05, 4.69) is 65.0 Å². The molecule has 0 saturated heterocycles. The molecule has 3 atom stereocenters. The summed E-state index contributed by atoms with van der Waals surface area (Å²) in [5.41, 5.74) is 5.68. The molecule has 3 unspecified atom stereocenters. The monoisotopic (exact) mass is 316 g/mol. The fourth-order valence-corrected chi connectivity index (χ4v) is 3.78. The van der Waals surface area contributed by atoms with Crippen LogP contribution in [0.3, 0.4) is 0 Å². The topological polar surface area (TPSA) is 52.5 Å². The number of aliphatic imine (C=N–C) groups is 2. The molecule has 4 nitrogen and oxygen atoms in total. The zero-order valence-corrected chi connectivity index (χ0v) is 13.4. The summed E-state index contributed by atoms with van der Waals surface area (Å²) < 4.78 is 0. The highest BCUT2D eigenvalue weighted by atomic mass is 15.0. The third-order valence-electron chi connectivity index (χ3n) is 4.92. The zero-order chi connectivity index (χ0) is 15.9. The van der Waals surface area contributed by atoms with Crippen LogP contribution < -0.4 is 5.32 Å². The molecule has 8 bridgehead atoms. The van der Waals surface area contributed by atoms with E-state index in [9.17, 15) is 0 Å². The highest BCUT2D eigenvalue weighted by molar-refractivity contribution is 6.00. The summed E-state index contributed by atoms with van der Waals surface area (Å²) in [5, 5.41) is 3.67. The quantitative estimate of drug-likeness (QED) is 0.710. The van der Waals surface area contributed by atoms with Gasteiger partial charge in [0.15, 0.2) is 0 Å². The predicted octanol–water partition coefficient (Wildman–Crippen LogP) is 2.98. The Morgan fingerprint density at radius 2 is 1.75 bits per heavy atom. The Balaban J connectivity index is 1.48. The van der Waals surface area contributed by atoms with Crippen molar-refractivity contribution >= 4 is 17.5 Å². The number of hydrogen-bond donors (Lipinski definition) is 2. The van der Waals surface area contributed by atoms with Crippen molar-refractivity contribution in [2.24, 2.45) is 9.98 Å².